The average molecular weight is 370 g/mol. The van der Waals surface area contributed by atoms with E-state index in [1.807, 2.05) is 24.3 Å². The van der Waals surface area contributed by atoms with Gasteiger partial charge in [0.25, 0.3) is 0 Å². The zero-order valence-corrected chi connectivity index (χ0v) is 16.9. The standard InChI is InChI=1S/C23H35N3O/c1-2-3-4-5-6-7-8-9-10-11-12-13-14-15-20-23(27)26-22-19-17-16-18-21(22)24-25-26/h8-9,16-19H,2-7,10-15,20H2,1H3/b9-8+. The molecule has 2 aromatic rings. The number of nitrogens with zero attached hydrogens (tertiary/aromatic N) is 3. The first-order valence-corrected chi connectivity index (χ1v) is 10.8. The number of para-hydroxylation sites is 1. The molecular formula is C23H35N3O. The molecule has 0 saturated heterocycles. The molecule has 1 heterocycles. The maximum absolute atomic E-state index is 12.3. The summed E-state index contributed by atoms with van der Waals surface area (Å²) in [5.74, 6) is 0.0468. The third-order valence-corrected chi connectivity index (χ3v) is 4.99. The largest absolute Gasteiger partial charge is 0.273 e. The molecule has 1 aromatic carbocycles. The highest BCUT2D eigenvalue weighted by atomic mass is 16.2. The van der Waals surface area contributed by atoms with Crippen molar-refractivity contribution in [3.63, 3.8) is 0 Å². The first kappa shape index (κ1) is 21.3. The van der Waals surface area contributed by atoms with Crippen LogP contribution in [0.25, 0.3) is 11.0 Å². The van der Waals surface area contributed by atoms with Gasteiger partial charge in [0.2, 0.25) is 5.91 Å². The van der Waals surface area contributed by atoms with Crippen LogP contribution >= 0.6 is 0 Å². The second-order valence-corrected chi connectivity index (χ2v) is 7.36. The van der Waals surface area contributed by atoms with Crippen LogP contribution in [0, 0.1) is 0 Å². The minimum Gasteiger partial charge on any atom is -0.273 e. The van der Waals surface area contributed by atoms with Crippen LogP contribution < -0.4 is 0 Å². The van der Waals surface area contributed by atoms with Gasteiger partial charge in [-0.3, -0.25) is 4.79 Å². The monoisotopic (exact) mass is 369 g/mol. The summed E-state index contributed by atoms with van der Waals surface area (Å²) >= 11 is 0. The molecule has 148 valence electrons. The molecule has 0 unspecified atom stereocenters. The quantitative estimate of drug-likeness (QED) is 0.274. The molecular weight excluding hydrogens is 334 g/mol. The number of hydrogen-bond acceptors (Lipinski definition) is 3. The Bertz CT molecular complexity index is 690. The Labute approximate surface area is 164 Å². The molecule has 27 heavy (non-hydrogen) atoms. The van der Waals surface area contributed by atoms with E-state index in [1.165, 1.54) is 68.9 Å². The van der Waals surface area contributed by atoms with E-state index in [2.05, 4.69) is 29.4 Å². The molecule has 0 atom stereocenters. The van der Waals surface area contributed by atoms with Crippen molar-refractivity contribution in [1.29, 1.82) is 0 Å². The number of aromatic nitrogens is 3. The van der Waals surface area contributed by atoms with Crippen LogP contribution in [-0.2, 0) is 0 Å². The molecule has 0 aliphatic carbocycles. The number of unbranched alkanes of at least 4 members (excludes halogenated alkanes) is 10. The van der Waals surface area contributed by atoms with Crippen molar-refractivity contribution in [2.45, 2.75) is 90.4 Å². The molecule has 0 amide bonds. The van der Waals surface area contributed by atoms with Gasteiger partial charge in [0, 0.05) is 6.42 Å². The second-order valence-electron chi connectivity index (χ2n) is 7.36. The van der Waals surface area contributed by atoms with Crippen LogP contribution in [0.3, 0.4) is 0 Å². The fourth-order valence-corrected chi connectivity index (χ4v) is 3.33. The highest BCUT2D eigenvalue weighted by Gasteiger charge is 2.10. The Morgan fingerprint density at radius 2 is 1.52 bits per heavy atom. The molecule has 0 fully saturated rings. The van der Waals surface area contributed by atoms with Gasteiger partial charge in [0.15, 0.2) is 0 Å². The number of carbonyl (C=O) groups is 1. The van der Waals surface area contributed by atoms with Crippen LogP contribution in [0.15, 0.2) is 36.4 Å². The fourth-order valence-electron chi connectivity index (χ4n) is 3.33. The number of hydrogen-bond donors (Lipinski definition) is 0. The molecule has 0 N–H and O–H groups in total. The number of fused-ring (bicyclic) bond motifs is 1. The van der Waals surface area contributed by atoms with Crippen molar-refractivity contribution < 1.29 is 4.79 Å². The molecule has 1 aromatic heterocycles. The molecule has 0 radical (unpaired) electrons. The topological polar surface area (TPSA) is 47.8 Å². The lowest BCUT2D eigenvalue weighted by Crippen LogP contribution is -2.12. The molecule has 2 rings (SSSR count). The highest BCUT2D eigenvalue weighted by molar-refractivity contribution is 5.88. The van der Waals surface area contributed by atoms with E-state index in [-0.39, 0.29) is 5.91 Å². The van der Waals surface area contributed by atoms with Crippen LogP contribution in [0.1, 0.15) is 95.2 Å². The van der Waals surface area contributed by atoms with Crippen molar-refractivity contribution in [2.75, 3.05) is 0 Å². The summed E-state index contributed by atoms with van der Waals surface area (Å²) in [6.45, 7) is 2.26. The lowest BCUT2D eigenvalue weighted by Gasteiger charge is -2.02. The smallest absolute Gasteiger partial charge is 0.248 e. The van der Waals surface area contributed by atoms with E-state index in [0.29, 0.717) is 6.42 Å². The van der Waals surface area contributed by atoms with Gasteiger partial charge in [-0.1, -0.05) is 81.4 Å². The van der Waals surface area contributed by atoms with Crippen LogP contribution in [-0.4, -0.2) is 20.9 Å². The van der Waals surface area contributed by atoms with Gasteiger partial charge in [-0.2, -0.15) is 4.68 Å². The maximum atomic E-state index is 12.3. The Balaban J connectivity index is 1.46. The molecule has 0 spiro atoms. The Kier molecular flexibility index (Phi) is 10.5. The van der Waals surface area contributed by atoms with Crippen molar-refractivity contribution in [1.82, 2.24) is 15.0 Å². The average Bonchev–Trinajstić information content (AvgIpc) is 3.12. The molecule has 4 nitrogen and oxygen atoms in total. The van der Waals surface area contributed by atoms with Gasteiger partial charge >= 0.3 is 0 Å². The number of rotatable bonds is 14. The Hall–Kier alpha value is -1.97. The van der Waals surface area contributed by atoms with Crippen molar-refractivity contribution in [3.05, 3.63) is 36.4 Å². The summed E-state index contributed by atoms with van der Waals surface area (Å²) in [4.78, 5) is 12.3. The second kappa shape index (κ2) is 13.2. The predicted octanol–water partition coefficient (Wildman–Crippen LogP) is 6.72. The Morgan fingerprint density at radius 1 is 0.889 bits per heavy atom. The van der Waals surface area contributed by atoms with Gasteiger partial charge in [-0.15, -0.1) is 5.10 Å². The van der Waals surface area contributed by atoms with Gasteiger partial charge in [-0.25, -0.2) is 0 Å². The molecule has 0 saturated carbocycles. The van der Waals surface area contributed by atoms with E-state index >= 15 is 0 Å². The van der Waals surface area contributed by atoms with Crippen LogP contribution in [0.2, 0.25) is 0 Å². The van der Waals surface area contributed by atoms with E-state index in [0.717, 1.165) is 23.9 Å². The summed E-state index contributed by atoms with van der Waals surface area (Å²) in [6.07, 6.45) is 20.2. The third kappa shape index (κ3) is 8.06. The lowest BCUT2D eigenvalue weighted by atomic mass is 10.1. The van der Waals surface area contributed by atoms with Crippen LogP contribution in [0.5, 0.6) is 0 Å². The maximum Gasteiger partial charge on any atom is 0.248 e. The summed E-state index contributed by atoms with van der Waals surface area (Å²) in [7, 11) is 0. The SMILES string of the molecule is CCCCCCC/C=C/CCCCCCCC(=O)n1nnc2ccccc21. The van der Waals surface area contributed by atoms with Crippen molar-refractivity contribution in [3.8, 4) is 0 Å². The van der Waals surface area contributed by atoms with E-state index < -0.39 is 0 Å². The fraction of sp³-hybridized carbons (Fsp3) is 0.609. The van der Waals surface area contributed by atoms with Crippen molar-refractivity contribution >= 4 is 16.9 Å². The van der Waals surface area contributed by atoms with Gasteiger partial charge in [-0.05, 0) is 44.2 Å². The summed E-state index contributed by atoms with van der Waals surface area (Å²) in [5.41, 5.74) is 1.58. The summed E-state index contributed by atoms with van der Waals surface area (Å²) in [5, 5.41) is 8.03. The number of allylic oxidation sites excluding steroid dienone is 2. The Morgan fingerprint density at radius 3 is 2.26 bits per heavy atom. The van der Waals surface area contributed by atoms with E-state index in [9.17, 15) is 4.79 Å². The highest BCUT2D eigenvalue weighted by Crippen LogP contribution is 2.13. The molecule has 0 bridgehead atoms. The molecule has 0 aliphatic rings. The third-order valence-electron chi connectivity index (χ3n) is 4.99. The zero-order chi connectivity index (χ0) is 19.2. The van der Waals surface area contributed by atoms with E-state index in [4.69, 9.17) is 0 Å². The zero-order valence-electron chi connectivity index (χ0n) is 16.9. The predicted molar refractivity (Wildman–Crippen MR) is 113 cm³/mol. The van der Waals surface area contributed by atoms with E-state index in [1.54, 1.807) is 0 Å². The minimum atomic E-state index is 0.0468. The minimum absolute atomic E-state index is 0.0468. The number of carbonyl (C=O) groups excluding carboxylic acids is 1. The lowest BCUT2D eigenvalue weighted by molar-refractivity contribution is 0.0886. The van der Waals surface area contributed by atoms with Gasteiger partial charge < -0.3 is 0 Å². The normalized spacial score (nSPS) is 11.6. The van der Waals surface area contributed by atoms with Crippen molar-refractivity contribution in [2.24, 2.45) is 0 Å². The van der Waals surface area contributed by atoms with Crippen LogP contribution in [0.4, 0.5) is 0 Å². The molecule has 0 aliphatic heterocycles. The first-order chi connectivity index (χ1) is 13.3. The summed E-state index contributed by atoms with van der Waals surface area (Å²) in [6, 6.07) is 7.60. The van der Waals surface area contributed by atoms with Gasteiger partial charge in [0.05, 0.1) is 5.52 Å². The van der Waals surface area contributed by atoms with Gasteiger partial charge in [0.1, 0.15) is 5.52 Å². The summed E-state index contributed by atoms with van der Waals surface area (Å²) < 4.78 is 1.45. The number of benzene rings is 1. The first-order valence-electron chi connectivity index (χ1n) is 10.8. The molecule has 4 heteroatoms.